The van der Waals surface area contributed by atoms with Crippen LogP contribution in [0.1, 0.15) is 63.9 Å². The van der Waals surface area contributed by atoms with Gasteiger partial charge >= 0.3 is 0 Å². The zero-order chi connectivity index (χ0) is 15.8. The fraction of sp³-hybridized carbons (Fsp3) is 0.625. The number of hydrogen-bond acceptors (Lipinski definition) is 2. The molecule has 2 nitrogen and oxygen atoms in total. The van der Waals surface area contributed by atoms with Gasteiger partial charge in [-0.2, -0.15) is 0 Å². The highest BCUT2D eigenvalue weighted by atomic mass is 79.9. The summed E-state index contributed by atoms with van der Waals surface area (Å²) in [6.07, 6.45) is 10.8. The molecular formula is C16H23Br3O2. The Kier molecular flexibility index (Phi) is 9.30. The van der Waals surface area contributed by atoms with E-state index in [-0.39, 0.29) is 11.5 Å². The van der Waals surface area contributed by atoms with Crippen molar-refractivity contribution in [3.8, 4) is 11.5 Å². The highest BCUT2D eigenvalue weighted by molar-refractivity contribution is 9.14. The number of aromatic hydroxyl groups is 2. The summed E-state index contributed by atoms with van der Waals surface area (Å²) < 4.78 is 2.03. The van der Waals surface area contributed by atoms with Crippen molar-refractivity contribution in [3.63, 3.8) is 0 Å². The van der Waals surface area contributed by atoms with E-state index in [1.54, 1.807) is 0 Å². The molecule has 0 bridgehead atoms. The summed E-state index contributed by atoms with van der Waals surface area (Å²) in [5.41, 5.74) is 0.772. The summed E-state index contributed by atoms with van der Waals surface area (Å²) in [5.74, 6) is -0.125. The average Bonchev–Trinajstić information content (AvgIpc) is 2.49. The molecule has 0 saturated carbocycles. The minimum absolute atomic E-state index is 0.0279. The fourth-order valence-corrected chi connectivity index (χ4v) is 4.01. The Morgan fingerprint density at radius 2 is 1.19 bits per heavy atom. The molecule has 21 heavy (non-hydrogen) atoms. The molecule has 0 unspecified atom stereocenters. The van der Waals surface area contributed by atoms with Gasteiger partial charge in [-0.1, -0.05) is 51.9 Å². The van der Waals surface area contributed by atoms with E-state index in [1.165, 1.54) is 38.5 Å². The maximum Gasteiger partial charge on any atom is 0.173 e. The molecule has 120 valence electrons. The first-order valence-electron chi connectivity index (χ1n) is 7.57. The van der Waals surface area contributed by atoms with E-state index in [0.29, 0.717) is 4.47 Å². The minimum Gasteiger partial charge on any atom is -0.504 e. The van der Waals surface area contributed by atoms with Crippen molar-refractivity contribution in [1.29, 1.82) is 0 Å². The van der Waals surface area contributed by atoms with Gasteiger partial charge in [-0.3, -0.25) is 0 Å². The topological polar surface area (TPSA) is 40.5 Å². The molecule has 0 fully saturated rings. The standard InChI is InChI=1S/C16H23Br3O2/c1-2-3-4-5-6-7-8-9-10-11-12(17)13(18)14(19)16(21)15(11)20/h20-21H,2-10H2,1H3. The molecule has 5 heteroatoms. The van der Waals surface area contributed by atoms with Crippen molar-refractivity contribution in [2.24, 2.45) is 0 Å². The van der Waals surface area contributed by atoms with Crippen LogP contribution >= 0.6 is 47.8 Å². The zero-order valence-corrected chi connectivity index (χ0v) is 17.2. The van der Waals surface area contributed by atoms with Crippen molar-refractivity contribution >= 4 is 47.8 Å². The van der Waals surface area contributed by atoms with Crippen LogP contribution in [0.4, 0.5) is 0 Å². The van der Waals surface area contributed by atoms with E-state index < -0.39 is 0 Å². The molecule has 0 aliphatic rings. The Bertz CT molecular complexity index is 432. The van der Waals surface area contributed by atoms with Crippen LogP contribution in [-0.2, 0) is 6.42 Å². The van der Waals surface area contributed by atoms with Crippen molar-refractivity contribution in [2.75, 3.05) is 0 Å². The van der Waals surface area contributed by atoms with Crippen molar-refractivity contribution in [1.82, 2.24) is 0 Å². The van der Waals surface area contributed by atoms with E-state index in [2.05, 4.69) is 54.7 Å². The summed E-state index contributed by atoms with van der Waals surface area (Å²) in [7, 11) is 0. The SMILES string of the molecule is CCCCCCCCCCc1c(O)c(O)c(Br)c(Br)c1Br. The van der Waals surface area contributed by atoms with Crippen LogP contribution < -0.4 is 0 Å². The molecule has 0 heterocycles. The van der Waals surface area contributed by atoms with Crippen LogP contribution in [0.2, 0.25) is 0 Å². The second-order valence-corrected chi connectivity index (χ2v) is 7.72. The molecule has 1 aromatic carbocycles. The Morgan fingerprint density at radius 3 is 1.76 bits per heavy atom. The quantitative estimate of drug-likeness (QED) is 0.222. The fourth-order valence-electron chi connectivity index (χ4n) is 2.35. The highest BCUT2D eigenvalue weighted by Crippen LogP contribution is 2.47. The van der Waals surface area contributed by atoms with E-state index >= 15 is 0 Å². The first-order valence-corrected chi connectivity index (χ1v) is 9.95. The number of rotatable bonds is 9. The highest BCUT2D eigenvalue weighted by Gasteiger charge is 2.19. The number of halogens is 3. The Labute approximate surface area is 152 Å². The van der Waals surface area contributed by atoms with Gasteiger partial charge in [0.05, 0.1) is 8.95 Å². The molecule has 1 rings (SSSR count). The van der Waals surface area contributed by atoms with Gasteiger partial charge in [0.1, 0.15) is 0 Å². The molecule has 0 aliphatic carbocycles. The molecular weight excluding hydrogens is 464 g/mol. The van der Waals surface area contributed by atoms with E-state index in [0.717, 1.165) is 33.8 Å². The summed E-state index contributed by atoms with van der Waals surface area (Å²) >= 11 is 10.1. The van der Waals surface area contributed by atoms with E-state index in [9.17, 15) is 10.2 Å². The van der Waals surface area contributed by atoms with Gasteiger partial charge in [0, 0.05) is 10.0 Å². The van der Waals surface area contributed by atoms with Crippen LogP contribution in [0.5, 0.6) is 11.5 Å². The van der Waals surface area contributed by atoms with Crippen LogP contribution in [0.15, 0.2) is 13.4 Å². The predicted molar refractivity (Wildman–Crippen MR) is 99.2 cm³/mol. The molecule has 1 aromatic rings. The zero-order valence-electron chi connectivity index (χ0n) is 12.4. The lowest BCUT2D eigenvalue weighted by atomic mass is 10.0. The second kappa shape index (κ2) is 10.1. The van der Waals surface area contributed by atoms with Crippen LogP contribution in [-0.4, -0.2) is 10.2 Å². The normalized spacial score (nSPS) is 11.0. The molecule has 0 aliphatic heterocycles. The van der Waals surface area contributed by atoms with Gasteiger partial charge < -0.3 is 10.2 Å². The third-order valence-corrected chi connectivity index (χ3v) is 7.15. The molecule has 0 atom stereocenters. The summed E-state index contributed by atoms with van der Waals surface area (Å²) in [6.45, 7) is 2.23. The predicted octanol–water partition coefficient (Wildman–Crippen LogP) is 7.07. The van der Waals surface area contributed by atoms with Crippen LogP contribution in [0.3, 0.4) is 0 Å². The van der Waals surface area contributed by atoms with E-state index in [4.69, 9.17) is 0 Å². The molecule has 0 saturated heterocycles. The number of benzene rings is 1. The largest absolute Gasteiger partial charge is 0.504 e. The third kappa shape index (κ3) is 5.76. The maximum atomic E-state index is 10.1. The first kappa shape index (κ1) is 19.3. The van der Waals surface area contributed by atoms with Crippen molar-refractivity contribution < 1.29 is 10.2 Å². The van der Waals surface area contributed by atoms with Gasteiger partial charge in [0.25, 0.3) is 0 Å². The summed E-state index contributed by atoms with van der Waals surface area (Å²) in [6, 6.07) is 0. The lowest BCUT2D eigenvalue weighted by Gasteiger charge is -2.13. The molecule has 2 N–H and O–H groups in total. The van der Waals surface area contributed by atoms with Crippen molar-refractivity contribution in [3.05, 3.63) is 19.0 Å². The monoisotopic (exact) mass is 484 g/mol. The smallest absolute Gasteiger partial charge is 0.173 e. The van der Waals surface area contributed by atoms with Gasteiger partial charge in [0.2, 0.25) is 0 Å². The lowest BCUT2D eigenvalue weighted by Crippen LogP contribution is -1.92. The molecule has 0 spiro atoms. The Morgan fingerprint density at radius 1 is 0.667 bits per heavy atom. The number of hydrogen-bond donors (Lipinski definition) is 2. The number of phenolic OH excluding ortho intramolecular Hbond substituents is 2. The number of phenols is 2. The van der Waals surface area contributed by atoms with Crippen LogP contribution in [0.25, 0.3) is 0 Å². The Hall–Kier alpha value is 0.260. The maximum absolute atomic E-state index is 10.1. The third-order valence-electron chi connectivity index (χ3n) is 3.65. The van der Waals surface area contributed by atoms with E-state index in [1.807, 2.05) is 0 Å². The van der Waals surface area contributed by atoms with Gasteiger partial charge in [-0.25, -0.2) is 0 Å². The van der Waals surface area contributed by atoms with Gasteiger partial charge in [-0.15, -0.1) is 0 Å². The molecule has 0 radical (unpaired) electrons. The van der Waals surface area contributed by atoms with Crippen LogP contribution in [0, 0.1) is 0 Å². The minimum atomic E-state index is -0.0976. The molecule has 0 amide bonds. The summed E-state index contributed by atoms with van der Waals surface area (Å²) in [5, 5.41) is 19.9. The second-order valence-electron chi connectivity index (χ2n) is 5.34. The number of unbranched alkanes of at least 4 members (excludes halogenated alkanes) is 7. The lowest BCUT2D eigenvalue weighted by molar-refractivity contribution is 0.395. The van der Waals surface area contributed by atoms with Crippen molar-refractivity contribution in [2.45, 2.75) is 64.7 Å². The average molecular weight is 487 g/mol. The van der Waals surface area contributed by atoms with Gasteiger partial charge in [-0.05, 0) is 60.6 Å². The Balaban J connectivity index is 2.43. The van der Waals surface area contributed by atoms with Gasteiger partial charge in [0.15, 0.2) is 11.5 Å². The summed E-state index contributed by atoms with van der Waals surface area (Å²) in [4.78, 5) is 0. The first-order chi connectivity index (χ1) is 10.0. The molecule has 0 aromatic heterocycles.